The Bertz CT molecular complexity index is 817. The van der Waals surface area contributed by atoms with Crippen molar-refractivity contribution >= 4 is 17.7 Å². The molecule has 0 aliphatic carbocycles. The third-order valence-corrected chi connectivity index (χ3v) is 5.39. The molecule has 132 valence electrons. The Morgan fingerprint density at radius 2 is 2.16 bits per heavy atom. The summed E-state index contributed by atoms with van der Waals surface area (Å²) in [6.07, 6.45) is 2.35. The van der Waals surface area contributed by atoms with E-state index < -0.39 is 0 Å². The SMILES string of the molecule is COc1ccc(CCNC(=O)C2CSc3ncc(C)c(=O)n3C2)cc1. The number of methoxy groups -OCH3 is 1. The fourth-order valence-corrected chi connectivity index (χ4v) is 3.77. The van der Waals surface area contributed by atoms with Gasteiger partial charge >= 0.3 is 0 Å². The summed E-state index contributed by atoms with van der Waals surface area (Å²) in [4.78, 5) is 28.9. The number of carbonyl (C=O) groups is 1. The first-order valence-corrected chi connectivity index (χ1v) is 9.17. The van der Waals surface area contributed by atoms with Crippen molar-refractivity contribution in [1.82, 2.24) is 14.9 Å². The maximum atomic E-state index is 12.4. The number of hydrogen-bond donors (Lipinski definition) is 1. The second-order valence-electron chi connectivity index (χ2n) is 6.04. The van der Waals surface area contributed by atoms with E-state index in [2.05, 4.69) is 10.3 Å². The molecule has 1 atom stereocenters. The molecule has 0 bridgehead atoms. The van der Waals surface area contributed by atoms with Crippen LogP contribution in [0, 0.1) is 12.8 Å². The lowest BCUT2D eigenvalue weighted by Crippen LogP contribution is -2.40. The van der Waals surface area contributed by atoms with E-state index in [9.17, 15) is 9.59 Å². The maximum absolute atomic E-state index is 12.4. The highest BCUT2D eigenvalue weighted by Gasteiger charge is 2.26. The first-order valence-electron chi connectivity index (χ1n) is 8.18. The van der Waals surface area contributed by atoms with Gasteiger partial charge in [-0.2, -0.15) is 0 Å². The zero-order chi connectivity index (χ0) is 17.8. The van der Waals surface area contributed by atoms with E-state index in [0.29, 0.717) is 29.6 Å². The minimum absolute atomic E-state index is 0.0138. The summed E-state index contributed by atoms with van der Waals surface area (Å²) in [6.45, 7) is 2.70. The molecule has 7 heteroatoms. The monoisotopic (exact) mass is 359 g/mol. The number of fused-ring (bicyclic) bond motifs is 1. The molecule has 0 fully saturated rings. The van der Waals surface area contributed by atoms with Crippen LogP contribution in [0.5, 0.6) is 5.75 Å². The number of thioether (sulfide) groups is 1. The number of rotatable bonds is 5. The number of benzene rings is 1. The molecule has 0 saturated carbocycles. The number of nitrogens with zero attached hydrogens (tertiary/aromatic N) is 2. The zero-order valence-electron chi connectivity index (χ0n) is 14.3. The highest BCUT2D eigenvalue weighted by molar-refractivity contribution is 7.99. The summed E-state index contributed by atoms with van der Waals surface area (Å²) in [5.41, 5.74) is 1.68. The predicted octanol–water partition coefficient (Wildman–Crippen LogP) is 1.64. The van der Waals surface area contributed by atoms with Gasteiger partial charge in [0.15, 0.2) is 5.16 Å². The number of nitrogens with one attached hydrogen (secondary N) is 1. The third-order valence-electron chi connectivity index (χ3n) is 4.24. The fourth-order valence-electron chi connectivity index (χ4n) is 2.73. The van der Waals surface area contributed by atoms with Gasteiger partial charge in [-0.3, -0.25) is 14.2 Å². The molecule has 25 heavy (non-hydrogen) atoms. The van der Waals surface area contributed by atoms with Crippen molar-refractivity contribution < 1.29 is 9.53 Å². The predicted molar refractivity (Wildman–Crippen MR) is 97.2 cm³/mol. The Balaban J connectivity index is 1.55. The molecule has 3 rings (SSSR count). The van der Waals surface area contributed by atoms with Crippen molar-refractivity contribution in [1.29, 1.82) is 0 Å². The van der Waals surface area contributed by atoms with Gasteiger partial charge in [-0.05, 0) is 31.0 Å². The van der Waals surface area contributed by atoms with Gasteiger partial charge in [-0.25, -0.2) is 4.98 Å². The van der Waals surface area contributed by atoms with E-state index in [-0.39, 0.29) is 17.4 Å². The smallest absolute Gasteiger partial charge is 0.257 e. The molecule has 0 spiro atoms. The Labute approximate surface area is 150 Å². The van der Waals surface area contributed by atoms with Crippen LogP contribution in [0.4, 0.5) is 0 Å². The summed E-state index contributed by atoms with van der Waals surface area (Å²) in [7, 11) is 1.64. The average molecular weight is 359 g/mol. The third kappa shape index (κ3) is 4.04. The van der Waals surface area contributed by atoms with Gasteiger partial charge in [0.25, 0.3) is 5.56 Å². The van der Waals surface area contributed by atoms with Crippen molar-refractivity contribution in [2.45, 2.75) is 25.0 Å². The van der Waals surface area contributed by atoms with Crippen LogP contribution in [0.25, 0.3) is 0 Å². The summed E-state index contributed by atoms with van der Waals surface area (Å²) in [5, 5.41) is 3.67. The topological polar surface area (TPSA) is 73.2 Å². The Morgan fingerprint density at radius 1 is 1.40 bits per heavy atom. The van der Waals surface area contributed by atoms with Crippen LogP contribution >= 0.6 is 11.8 Å². The first kappa shape index (κ1) is 17.5. The summed E-state index contributed by atoms with van der Waals surface area (Å²) in [5.74, 6) is 1.24. The number of aromatic nitrogens is 2. The van der Waals surface area contributed by atoms with E-state index in [1.807, 2.05) is 24.3 Å². The van der Waals surface area contributed by atoms with E-state index in [4.69, 9.17) is 4.74 Å². The van der Waals surface area contributed by atoms with Gasteiger partial charge in [-0.15, -0.1) is 0 Å². The quantitative estimate of drug-likeness (QED) is 0.822. The van der Waals surface area contributed by atoms with Gasteiger partial charge in [0.2, 0.25) is 5.91 Å². The lowest BCUT2D eigenvalue weighted by molar-refractivity contribution is -0.124. The molecular weight excluding hydrogens is 338 g/mol. The molecule has 1 N–H and O–H groups in total. The molecular formula is C18H21N3O3S. The van der Waals surface area contributed by atoms with Crippen LogP contribution in [0.3, 0.4) is 0 Å². The molecule has 1 aliphatic heterocycles. The summed E-state index contributed by atoms with van der Waals surface area (Å²) in [6, 6.07) is 7.80. The lowest BCUT2D eigenvalue weighted by Gasteiger charge is -2.24. The second kappa shape index (κ2) is 7.74. The van der Waals surface area contributed by atoms with Gasteiger partial charge in [0, 0.05) is 30.6 Å². The number of amides is 1. The first-order chi connectivity index (χ1) is 12.1. The Hall–Kier alpha value is -2.28. The van der Waals surface area contributed by atoms with Crippen LogP contribution < -0.4 is 15.6 Å². The number of carbonyl (C=O) groups excluding carboxylic acids is 1. The fraction of sp³-hybridized carbons (Fsp3) is 0.389. The molecule has 1 aromatic heterocycles. The van der Waals surface area contributed by atoms with Crippen molar-refractivity contribution in [2.75, 3.05) is 19.4 Å². The molecule has 2 aromatic rings. The van der Waals surface area contributed by atoms with Gasteiger partial charge in [-0.1, -0.05) is 23.9 Å². The van der Waals surface area contributed by atoms with E-state index in [1.54, 1.807) is 24.8 Å². The van der Waals surface area contributed by atoms with E-state index >= 15 is 0 Å². The number of aryl methyl sites for hydroxylation is 1. The largest absolute Gasteiger partial charge is 0.497 e. The Morgan fingerprint density at radius 3 is 2.88 bits per heavy atom. The summed E-state index contributed by atoms with van der Waals surface area (Å²) < 4.78 is 6.74. The highest BCUT2D eigenvalue weighted by Crippen LogP contribution is 2.24. The lowest BCUT2D eigenvalue weighted by atomic mass is 10.1. The average Bonchev–Trinajstić information content (AvgIpc) is 2.65. The van der Waals surface area contributed by atoms with Crippen LogP contribution in [0.15, 0.2) is 40.4 Å². The van der Waals surface area contributed by atoms with Gasteiger partial charge < -0.3 is 10.1 Å². The van der Waals surface area contributed by atoms with Crippen molar-refractivity contribution in [3.63, 3.8) is 0 Å². The minimum atomic E-state index is -0.213. The van der Waals surface area contributed by atoms with Crippen LogP contribution in [0.2, 0.25) is 0 Å². The van der Waals surface area contributed by atoms with Crippen LogP contribution in [0.1, 0.15) is 11.1 Å². The Kier molecular flexibility index (Phi) is 5.43. The number of ether oxygens (including phenoxy) is 1. The molecule has 1 aliphatic rings. The molecule has 1 amide bonds. The normalized spacial score (nSPS) is 16.2. The number of hydrogen-bond acceptors (Lipinski definition) is 5. The molecule has 2 heterocycles. The maximum Gasteiger partial charge on any atom is 0.257 e. The zero-order valence-corrected chi connectivity index (χ0v) is 15.1. The molecule has 0 saturated heterocycles. The second-order valence-corrected chi connectivity index (χ2v) is 7.02. The van der Waals surface area contributed by atoms with Crippen molar-refractivity contribution in [3.8, 4) is 5.75 Å². The molecule has 6 nitrogen and oxygen atoms in total. The highest BCUT2D eigenvalue weighted by atomic mass is 32.2. The van der Waals surface area contributed by atoms with E-state index in [1.165, 1.54) is 11.8 Å². The van der Waals surface area contributed by atoms with Gasteiger partial charge in [0.1, 0.15) is 5.75 Å². The molecule has 0 radical (unpaired) electrons. The van der Waals surface area contributed by atoms with E-state index in [0.717, 1.165) is 17.7 Å². The molecule has 1 unspecified atom stereocenters. The summed E-state index contributed by atoms with van der Waals surface area (Å²) >= 11 is 1.46. The standard InChI is InChI=1S/C18H21N3O3S/c1-12-9-20-18-21(17(12)23)10-14(11-25-18)16(22)19-8-7-13-3-5-15(24-2)6-4-13/h3-6,9,14H,7-8,10-11H2,1-2H3,(H,19,22). The van der Waals surface area contributed by atoms with Crippen LogP contribution in [-0.2, 0) is 17.8 Å². The molecule has 1 aromatic carbocycles. The van der Waals surface area contributed by atoms with Gasteiger partial charge in [0.05, 0.1) is 13.0 Å². The van der Waals surface area contributed by atoms with Crippen molar-refractivity contribution in [3.05, 3.63) is 51.9 Å². The van der Waals surface area contributed by atoms with Crippen molar-refractivity contribution in [2.24, 2.45) is 5.92 Å². The minimum Gasteiger partial charge on any atom is -0.497 e. The van der Waals surface area contributed by atoms with Crippen LogP contribution in [-0.4, -0.2) is 34.9 Å².